The second-order valence-electron chi connectivity index (χ2n) is 4.81. The summed E-state index contributed by atoms with van der Waals surface area (Å²) < 4.78 is 34.4. The molecule has 0 bridgehead atoms. The number of hydrogen-bond acceptors (Lipinski definition) is 3. The summed E-state index contributed by atoms with van der Waals surface area (Å²) >= 11 is 0. The van der Waals surface area contributed by atoms with Crippen LogP contribution in [0.5, 0.6) is 0 Å². The molecule has 3 nitrogen and oxygen atoms in total. The minimum Gasteiger partial charge on any atom is -0.295 e. The van der Waals surface area contributed by atoms with Crippen molar-refractivity contribution < 1.29 is 12.3 Å². The van der Waals surface area contributed by atoms with E-state index in [9.17, 15) is 12.3 Å². The SMILES string of the molecule is O=S(=O)(F)CC1CCCCN1Cc1ccccc1. The summed E-state index contributed by atoms with van der Waals surface area (Å²) in [7, 11) is -4.39. The van der Waals surface area contributed by atoms with Crippen LogP contribution in [-0.2, 0) is 16.8 Å². The Labute approximate surface area is 108 Å². The van der Waals surface area contributed by atoms with Gasteiger partial charge in [-0.1, -0.05) is 36.8 Å². The number of rotatable bonds is 4. The molecule has 1 aromatic rings. The third kappa shape index (κ3) is 4.07. The first-order valence-electron chi connectivity index (χ1n) is 6.25. The molecular weight excluding hydrogens is 253 g/mol. The first-order valence-corrected chi connectivity index (χ1v) is 7.80. The van der Waals surface area contributed by atoms with Gasteiger partial charge in [-0.05, 0) is 24.9 Å². The van der Waals surface area contributed by atoms with E-state index in [0.717, 1.165) is 31.4 Å². The predicted octanol–water partition coefficient (Wildman–Crippen LogP) is 2.34. The third-order valence-electron chi connectivity index (χ3n) is 3.37. The Morgan fingerprint density at radius 2 is 1.94 bits per heavy atom. The topological polar surface area (TPSA) is 37.4 Å². The van der Waals surface area contributed by atoms with Crippen LogP contribution in [0.3, 0.4) is 0 Å². The Bertz CT molecular complexity index is 475. The molecular formula is C13H18FNO2S. The van der Waals surface area contributed by atoms with E-state index in [0.29, 0.717) is 6.54 Å². The van der Waals surface area contributed by atoms with Gasteiger partial charge in [0.05, 0.1) is 5.75 Å². The molecule has 1 aromatic carbocycles. The van der Waals surface area contributed by atoms with Crippen LogP contribution in [0.4, 0.5) is 3.89 Å². The number of piperidine rings is 1. The maximum Gasteiger partial charge on any atom is 0.303 e. The van der Waals surface area contributed by atoms with E-state index in [1.165, 1.54) is 0 Å². The molecule has 1 atom stereocenters. The molecule has 1 aliphatic heterocycles. The monoisotopic (exact) mass is 271 g/mol. The second-order valence-corrected chi connectivity index (χ2v) is 6.22. The summed E-state index contributed by atoms with van der Waals surface area (Å²) in [5.74, 6) is -0.375. The van der Waals surface area contributed by atoms with Crippen LogP contribution >= 0.6 is 0 Å². The molecule has 0 saturated carbocycles. The van der Waals surface area contributed by atoms with Crippen molar-refractivity contribution in [1.29, 1.82) is 0 Å². The molecule has 18 heavy (non-hydrogen) atoms. The van der Waals surface area contributed by atoms with Gasteiger partial charge in [-0.25, -0.2) is 0 Å². The van der Waals surface area contributed by atoms with Crippen LogP contribution in [0.2, 0.25) is 0 Å². The van der Waals surface area contributed by atoms with E-state index in [1.54, 1.807) is 0 Å². The highest BCUT2D eigenvalue weighted by Crippen LogP contribution is 2.21. The van der Waals surface area contributed by atoms with Crippen molar-refractivity contribution in [3.05, 3.63) is 35.9 Å². The molecule has 0 aromatic heterocycles. The summed E-state index contributed by atoms with van der Waals surface area (Å²) in [6.45, 7) is 1.54. The maximum absolute atomic E-state index is 12.8. The molecule has 100 valence electrons. The zero-order valence-electron chi connectivity index (χ0n) is 10.3. The van der Waals surface area contributed by atoms with Gasteiger partial charge in [-0.2, -0.15) is 8.42 Å². The molecule has 0 spiro atoms. The fourth-order valence-corrected chi connectivity index (χ4v) is 3.34. The zero-order chi connectivity index (χ0) is 13.0. The fraction of sp³-hybridized carbons (Fsp3) is 0.538. The van der Waals surface area contributed by atoms with Crippen LogP contribution < -0.4 is 0 Å². The smallest absolute Gasteiger partial charge is 0.295 e. The highest BCUT2D eigenvalue weighted by atomic mass is 32.3. The van der Waals surface area contributed by atoms with E-state index in [-0.39, 0.29) is 11.8 Å². The standard InChI is InChI=1S/C13H18FNO2S/c14-18(16,17)11-13-8-4-5-9-15(13)10-12-6-2-1-3-7-12/h1-3,6-7,13H,4-5,8-11H2. The highest BCUT2D eigenvalue weighted by molar-refractivity contribution is 7.86. The largest absolute Gasteiger partial charge is 0.303 e. The van der Waals surface area contributed by atoms with Gasteiger partial charge in [-0.3, -0.25) is 4.90 Å². The van der Waals surface area contributed by atoms with E-state index < -0.39 is 10.2 Å². The lowest BCUT2D eigenvalue weighted by Gasteiger charge is -2.34. The molecule has 5 heteroatoms. The van der Waals surface area contributed by atoms with Crippen LogP contribution in [0.1, 0.15) is 24.8 Å². The van der Waals surface area contributed by atoms with Crippen molar-refractivity contribution in [2.75, 3.05) is 12.3 Å². The van der Waals surface area contributed by atoms with Crippen LogP contribution in [-0.4, -0.2) is 31.7 Å². The van der Waals surface area contributed by atoms with Gasteiger partial charge in [-0.15, -0.1) is 3.89 Å². The van der Waals surface area contributed by atoms with Crippen molar-refractivity contribution in [1.82, 2.24) is 4.90 Å². The Morgan fingerprint density at radius 1 is 1.22 bits per heavy atom. The van der Waals surface area contributed by atoms with Crippen molar-refractivity contribution in [3.8, 4) is 0 Å². The molecule has 0 N–H and O–H groups in total. The number of likely N-dealkylation sites (tertiary alicyclic amines) is 1. The van der Waals surface area contributed by atoms with Crippen molar-refractivity contribution in [2.45, 2.75) is 31.8 Å². The predicted molar refractivity (Wildman–Crippen MR) is 69.4 cm³/mol. The lowest BCUT2D eigenvalue weighted by molar-refractivity contribution is 0.153. The molecule has 2 rings (SSSR count). The summed E-state index contributed by atoms with van der Waals surface area (Å²) in [5, 5.41) is 0. The quantitative estimate of drug-likeness (QED) is 0.789. The number of hydrogen-bond donors (Lipinski definition) is 0. The number of benzene rings is 1. The minimum absolute atomic E-state index is 0.186. The van der Waals surface area contributed by atoms with Gasteiger partial charge < -0.3 is 0 Å². The van der Waals surface area contributed by atoms with Crippen LogP contribution in [0, 0.1) is 0 Å². The molecule has 1 heterocycles. The fourth-order valence-electron chi connectivity index (χ4n) is 2.50. The number of nitrogens with zero attached hydrogens (tertiary/aromatic N) is 1. The number of halogens is 1. The van der Waals surface area contributed by atoms with E-state index in [4.69, 9.17) is 0 Å². The lowest BCUT2D eigenvalue weighted by atomic mass is 10.0. The van der Waals surface area contributed by atoms with Crippen molar-refractivity contribution in [2.24, 2.45) is 0 Å². The van der Waals surface area contributed by atoms with E-state index in [2.05, 4.69) is 4.90 Å². The molecule has 1 saturated heterocycles. The lowest BCUT2D eigenvalue weighted by Crippen LogP contribution is -2.42. The van der Waals surface area contributed by atoms with Crippen molar-refractivity contribution in [3.63, 3.8) is 0 Å². The van der Waals surface area contributed by atoms with Crippen molar-refractivity contribution >= 4 is 10.2 Å². The normalized spacial score (nSPS) is 21.9. The van der Waals surface area contributed by atoms with Gasteiger partial charge in [0.1, 0.15) is 0 Å². The first kappa shape index (κ1) is 13.5. The first-order chi connectivity index (χ1) is 8.54. The van der Waals surface area contributed by atoms with Crippen LogP contribution in [0.25, 0.3) is 0 Å². The Balaban J connectivity index is 2.04. The van der Waals surface area contributed by atoms with E-state index in [1.807, 2.05) is 30.3 Å². The van der Waals surface area contributed by atoms with Gasteiger partial charge in [0.2, 0.25) is 0 Å². The Morgan fingerprint density at radius 3 is 2.61 bits per heavy atom. The summed E-state index contributed by atoms with van der Waals surface area (Å²) in [6, 6.07) is 9.70. The van der Waals surface area contributed by atoms with Crippen LogP contribution in [0.15, 0.2) is 30.3 Å². The average molecular weight is 271 g/mol. The summed E-state index contributed by atoms with van der Waals surface area (Å²) in [5.41, 5.74) is 1.14. The molecule has 1 aliphatic rings. The summed E-state index contributed by atoms with van der Waals surface area (Å²) in [6.07, 6.45) is 2.79. The van der Waals surface area contributed by atoms with E-state index >= 15 is 0 Å². The zero-order valence-corrected chi connectivity index (χ0v) is 11.1. The van der Waals surface area contributed by atoms with Gasteiger partial charge in [0.25, 0.3) is 0 Å². The molecule has 0 aliphatic carbocycles. The molecule has 0 amide bonds. The second kappa shape index (κ2) is 5.80. The molecule has 1 fully saturated rings. The minimum atomic E-state index is -4.39. The molecule has 0 radical (unpaired) electrons. The Hall–Kier alpha value is -0.940. The molecule has 1 unspecified atom stereocenters. The van der Waals surface area contributed by atoms with Gasteiger partial charge in [0, 0.05) is 12.6 Å². The third-order valence-corrected chi connectivity index (χ3v) is 4.15. The van der Waals surface area contributed by atoms with Gasteiger partial charge in [0.15, 0.2) is 0 Å². The summed E-state index contributed by atoms with van der Waals surface area (Å²) in [4.78, 5) is 2.08. The average Bonchev–Trinajstić information content (AvgIpc) is 2.31. The maximum atomic E-state index is 12.8. The highest BCUT2D eigenvalue weighted by Gasteiger charge is 2.27. The van der Waals surface area contributed by atoms with Gasteiger partial charge >= 0.3 is 10.2 Å². The Kier molecular flexibility index (Phi) is 4.35.